The van der Waals surface area contributed by atoms with Gasteiger partial charge in [0.15, 0.2) is 0 Å². The Morgan fingerprint density at radius 1 is 0.947 bits per heavy atom. The summed E-state index contributed by atoms with van der Waals surface area (Å²) < 4.78 is 3.49. The van der Waals surface area contributed by atoms with Crippen molar-refractivity contribution in [3.05, 3.63) is 52.6 Å². The van der Waals surface area contributed by atoms with Gasteiger partial charge in [0.25, 0.3) is 5.69 Å². The van der Waals surface area contributed by atoms with Crippen molar-refractivity contribution in [2.75, 3.05) is 0 Å². The van der Waals surface area contributed by atoms with Crippen LogP contribution in [0.25, 0.3) is 29.6 Å². The quantitative estimate of drug-likeness (QED) is 0.357. The second-order valence-electron chi connectivity index (χ2n) is 4.30. The van der Waals surface area contributed by atoms with E-state index < -0.39 is 0 Å². The Morgan fingerprint density at radius 2 is 1.68 bits per heavy atom. The van der Waals surface area contributed by atoms with Gasteiger partial charge in [-0.05, 0) is 12.1 Å². The van der Waals surface area contributed by atoms with Gasteiger partial charge in [0.05, 0.1) is 8.94 Å². The van der Waals surface area contributed by atoms with E-state index in [1.807, 2.05) is 18.2 Å². The number of rotatable bonds is 1. The summed E-state index contributed by atoms with van der Waals surface area (Å²) in [6.07, 6.45) is 0. The zero-order chi connectivity index (χ0) is 13.0. The van der Waals surface area contributed by atoms with Gasteiger partial charge in [0.1, 0.15) is 0 Å². The number of benzene rings is 2. The predicted octanol–water partition coefficient (Wildman–Crippen LogP) is 5.18. The lowest BCUT2D eigenvalue weighted by Crippen LogP contribution is -1.85. The van der Waals surface area contributed by atoms with E-state index in [9.17, 15) is 10.1 Å². The third-order valence-electron chi connectivity index (χ3n) is 3.21. The van der Waals surface area contributed by atoms with Crippen LogP contribution in [-0.4, -0.2) is 4.92 Å². The normalized spacial score (nSPS) is 11.6. The molecule has 0 amide bonds. The zero-order valence-electron chi connectivity index (χ0n) is 9.62. The molecule has 0 bridgehead atoms. The summed E-state index contributed by atoms with van der Waals surface area (Å²) in [5.41, 5.74) is 0.158. The standard InChI is InChI=1S/C14H7NO2S2/c16-15(17)8-5-6-10-12(7-8)19-14-13(10)9-3-1-2-4-11(9)18-14/h1-7H. The lowest BCUT2D eigenvalue weighted by Gasteiger charge is -1.93. The van der Waals surface area contributed by atoms with E-state index in [-0.39, 0.29) is 10.6 Å². The minimum Gasteiger partial charge on any atom is -0.258 e. The molecular formula is C14H7NO2S2. The molecule has 19 heavy (non-hydrogen) atoms. The van der Waals surface area contributed by atoms with Crippen molar-refractivity contribution in [3.8, 4) is 0 Å². The number of hydrogen-bond donors (Lipinski definition) is 0. The number of nitro groups is 1. The Hall–Kier alpha value is -1.98. The maximum atomic E-state index is 10.8. The summed E-state index contributed by atoms with van der Waals surface area (Å²) in [4.78, 5) is 10.5. The Balaban J connectivity index is 2.17. The number of non-ortho nitro benzene ring substituents is 1. The van der Waals surface area contributed by atoms with Gasteiger partial charge in [-0.15, -0.1) is 22.7 Å². The lowest BCUT2D eigenvalue weighted by atomic mass is 10.1. The van der Waals surface area contributed by atoms with Crippen molar-refractivity contribution >= 4 is 57.9 Å². The minimum atomic E-state index is -0.342. The molecule has 0 fully saturated rings. The number of nitro benzene ring substituents is 1. The Morgan fingerprint density at radius 3 is 2.53 bits per heavy atom. The van der Waals surface area contributed by atoms with E-state index in [0.29, 0.717) is 0 Å². The molecule has 2 heterocycles. The molecule has 4 aromatic rings. The molecule has 0 aliphatic rings. The highest BCUT2D eigenvalue weighted by Crippen LogP contribution is 2.44. The molecule has 2 aromatic carbocycles. The van der Waals surface area contributed by atoms with Crippen molar-refractivity contribution in [2.24, 2.45) is 0 Å². The number of fused-ring (bicyclic) bond motifs is 5. The highest BCUT2D eigenvalue weighted by molar-refractivity contribution is 7.44. The molecule has 4 rings (SSSR count). The minimum absolute atomic E-state index is 0.158. The fourth-order valence-corrected chi connectivity index (χ4v) is 5.00. The summed E-state index contributed by atoms with van der Waals surface area (Å²) >= 11 is 3.38. The lowest BCUT2D eigenvalue weighted by molar-refractivity contribution is -0.384. The van der Waals surface area contributed by atoms with Crippen LogP contribution in [0.5, 0.6) is 0 Å². The van der Waals surface area contributed by atoms with Crippen LogP contribution in [0, 0.1) is 10.1 Å². The van der Waals surface area contributed by atoms with Gasteiger partial charge in [-0.1, -0.05) is 18.2 Å². The van der Waals surface area contributed by atoms with E-state index in [2.05, 4.69) is 12.1 Å². The third-order valence-corrected chi connectivity index (χ3v) is 5.62. The highest BCUT2D eigenvalue weighted by Gasteiger charge is 2.14. The average Bonchev–Trinajstić information content (AvgIpc) is 2.92. The molecule has 3 nitrogen and oxygen atoms in total. The molecule has 0 atom stereocenters. The van der Waals surface area contributed by atoms with E-state index >= 15 is 0 Å². The SMILES string of the molecule is O=[N+]([O-])c1ccc2c(c1)sc1sc3ccccc3c12. The number of nitrogens with zero attached hydrogens (tertiary/aromatic N) is 1. The zero-order valence-corrected chi connectivity index (χ0v) is 11.3. The largest absolute Gasteiger partial charge is 0.270 e. The molecule has 0 N–H and O–H groups in total. The molecule has 5 heteroatoms. The topological polar surface area (TPSA) is 43.1 Å². The molecule has 0 aliphatic carbocycles. The molecule has 92 valence electrons. The molecule has 2 aromatic heterocycles. The average molecular weight is 285 g/mol. The number of thiophene rings is 2. The molecule has 0 aliphatic heterocycles. The molecule has 0 saturated carbocycles. The maximum Gasteiger partial charge on any atom is 0.270 e. The first-order valence-corrected chi connectivity index (χ1v) is 7.35. The third kappa shape index (κ3) is 1.49. The summed E-state index contributed by atoms with van der Waals surface area (Å²) in [7, 11) is 0. The Labute approximate surface area is 115 Å². The first-order valence-electron chi connectivity index (χ1n) is 5.72. The molecule has 0 spiro atoms. The van der Waals surface area contributed by atoms with Crippen LogP contribution in [0.15, 0.2) is 42.5 Å². The summed E-state index contributed by atoms with van der Waals surface area (Å²) in [6, 6.07) is 13.4. The van der Waals surface area contributed by atoms with Gasteiger partial charge in [-0.25, -0.2) is 0 Å². The fraction of sp³-hybridized carbons (Fsp3) is 0. The predicted molar refractivity (Wildman–Crippen MR) is 81.4 cm³/mol. The molecule has 0 unspecified atom stereocenters. The first-order chi connectivity index (χ1) is 9.24. The van der Waals surface area contributed by atoms with Crippen LogP contribution in [0.4, 0.5) is 5.69 Å². The van der Waals surface area contributed by atoms with Crippen LogP contribution >= 0.6 is 22.7 Å². The first kappa shape index (κ1) is 10.9. The second kappa shape index (κ2) is 3.76. The second-order valence-corrected chi connectivity index (χ2v) is 6.66. The molecule has 0 saturated heterocycles. The van der Waals surface area contributed by atoms with Gasteiger partial charge >= 0.3 is 0 Å². The monoisotopic (exact) mass is 285 g/mol. The highest BCUT2D eigenvalue weighted by atomic mass is 32.2. The van der Waals surface area contributed by atoms with E-state index in [4.69, 9.17) is 0 Å². The van der Waals surface area contributed by atoms with E-state index in [0.717, 1.165) is 10.1 Å². The van der Waals surface area contributed by atoms with Crippen molar-refractivity contribution in [1.82, 2.24) is 0 Å². The van der Waals surface area contributed by atoms with Gasteiger partial charge in [-0.2, -0.15) is 0 Å². The van der Waals surface area contributed by atoms with Crippen LogP contribution in [0.3, 0.4) is 0 Å². The van der Waals surface area contributed by atoms with Crippen LogP contribution in [0.2, 0.25) is 0 Å². The van der Waals surface area contributed by atoms with Crippen molar-refractivity contribution in [2.45, 2.75) is 0 Å². The molecular weight excluding hydrogens is 278 g/mol. The Bertz CT molecular complexity index is 952. The van der Waals surface area contributed by atoms with E-state index in [1.54, 1.807) is 34.8 Å². The maximum absolute atomic E-state index is 10.8. The summed E-state index contributed by atoms with van der Waals surface area (Å²) in [6.45, 7) is 0. The molecule has 0 radical (unpaired) electrons. The summed E-state index contributed by atoms with van der Waals surface area (Å²) in [5.74, 6) is 0. The van der Waals surface area contributed by atoms with Gasteiger partial charge in [0.2, 0.25) is 0 Å². The summed E-state index contributed by atoms with van der Waals surface area (Å²) in [5, 5.41) is 14.4. The fourth-order valence-electron chi connectivity index (χ4n) is 2.37. The Kier molecular flexibility index (Phi) is 2.15. The smallest absolute Gasteiger partial charge is 0.258 e. The van der Waals surface area contributed by atoms with Gasteiger partial charge in [0, 0.05) is 37.7 Å². The van der Waals surface area contributed by atoms with Crippen molar-refractivity contribution in [1.29, 1.82) is 0 Å². The van der Waals surface area contributed by atoms with Crippen molar-refractivity contribution in [3.63, 3.8) is 0 Å². The van der Waals surface area contributed by atoms with Crippen molar-refractivity contribution < 1.29 is 4.92 Å². The van der Waals surface area contributed by atoms with Gasteiger partial charge < -0.3 is 0 Å². The van der Waals surface area contributed by atoms with Crippen LogP contribution in [0.1, 0.15) is 0 Å². The van der Waals surface area contributed by atoms with Crippen LogP contribution in [-0.2, 0) is 0 Å². The van der Waals surface area contributed by atoms with E-state index in [1.165, 1.54) is 19.5 Å². The number of hydrogen-bond acceptors (Lipinski definition) is 4. The van der Waals surface area contributed by atoms with Gasteiger partial charge in [-0.3, -0.25) is 10.1 Å². The van der Waals surface area contributed by atoms with Crippen LogP contribution < -0.4 is 0 Å².